The molecule has 144 valence electrons. The highest BCUT2D eigenvalue weighted by Crippen LogP contribution is 2.27. The third kappa shape index (κ3) is 5.71. The van der Waals surface area contributed by atoms with Crippen LogP contribution in [-0.4, -0.2) is 5.91 Å². The molecule has 1 N–H and O–H groups in total. The number of carbonyl (C=O) groups is 1. The zero-order valence-corrected chi connectivity index (χ0v) is 16.6. The highest BCUT2D eigenvalue weighted by molar-refractivity contribution is 6.32. The van der Waals surface area contributed by atoms with Crippen molar-refractivity contribution in [2.24, 2.45) is 0 Å². The van der Waals surface area contributed by atoms with Gasteiger partial charge in [-0.15, -0.1) is 0 Å². The molecule has 0 fully saturated rings. The summed E-state index contributed by atoms with van der Waals surface area (Å²) in [5.74, 6) is 0.0622. The van der Waals surface area contributed by atoms with Crippen LogP contribution in [0.4, 0.5) is 5.69 Å². The van der Waals surface area contributed by atoms with Crippen molar-refractivity contribution in [3.8, 4) is 11.8 Å². The average Bonchev–Trinajstić information content (AvgIpc) is 2.73. The first-order valence-corrected chi connectivity index (χ1v) is 9.39. The van der Waals surface area contributed by atoms with Gasteiger partial charge in [0.1, 0.15) is 24.0 Å². The number of carbonyl (C=O) groups excluding carboxylic acids is 1. The van der Waals surface area contributed by atoms with E-state index in [1.165, 1.54) is 6.08 Å². The molecule has 0 aliphatic carbocycles. The van der Waals surface area contributed by atoms with Gasteiger partial charge in [0, 0.05) is 5.69 Å². The van der Waals surface area contributed by atoms with Crippen LogP contribution in [0, 0.1) is 18.3 Å². The summed E-state index contributed by atoms with van der Waals surface area (Å²) < 4.78 is 5.75. The van der Waals surface area contributed by atoms with Gasteiger partial charge < -0.3 is 10.1 Å². The summed E-state index contributed by atoms with van der Waals surface area (Å²) in [5.41, 5.74) is 3.37. The average molecular weight is 403 g/mol. The summed E-state index contributed by atoms with van der Waals surface area (Å²) in [6.07, 6.45) is 1.50. The van der Waals surface area contributed by atoms with Gasteiger partial charge in [0.2, 0.25) is 0 Å². The number of rotatable bonds is 6. The first-order valence-electron chi connectivity index (χ1n) is 9.01. The molecule has 0 radical (unpaired) electrons. The number of nitrogens with one attached hydrogen (secondary N) is 1. The van der Waals surface area contributed by atoms with E-state index in [0.717, 1.165) is 11.1 Å². The predicted molar refractivity (Wildman–Crippen MR) is 116 cm³/mol. The second-order valence-electron chi connectivity index (χ2n) is 6.45. The summed E-state index contributed by atoms with van der Waals surface area (Å²) in [6.45, 7) is 2.36. The molecule has 4 nitrogen and oxygen atoms in total. The third-order valence-corrected chi connectivity index (χ3v) is 4.47. The van der Waals surface area contributed by atoms with Crippen molar-refractivity contribution < 1.29 is 9.53 Å². The molecule has 0 unspecified atom stereocenters. The number of amides is 1. The number of ether oxygens (including phenoxy) is 1. The summed E-state index contributed by atoms with van der Waals surface area (Å²) in [4.78, 5) is 12.4. The fraction of sp³-hybridized carbons (Fsp3) is 0.0833. The topological polar surface area (TPSA) is 62.1 Å². The van der Waals surface area contributed by atoms with Crippen LogP contribution in [0.5, 0.6) is 5.75 Å². The van der Waals surface area contributed by atoms with Crippen LogP contribution in [0.1, 0.15) is 16.7 Å². The van der Waals surface area contributed by atoms with E-state index in [2.05, 4.69) is 5.32 Å². The Labute approximate surface area is 175 Å². The van der Waals surface area contributed by atoms with Gasteiger partial charge in [-0.3, -0.25) is 4.79 Å². The van der Waals surface area contributed by atoms with Crippen LogP contribution in [0.25, 0.3) is 6.08 Å². The molecule has 0 aromatic heterocycles. The number of anilines is 1. The number of halogens is 1. The van der Waals surface area contributed by atoms with Crippen LogP contribution < -0.4 is 10.1 Å². The smallest absolute Gasteiger partial charge is 0.266 e. The van der Waals surface area contributed by atoms with Crippen molar-refractivity contribution in [1.29, 1.82) is 5.26 Å². The Balaban J connectivity index is 1.70. The lowest BCUT2D eigenvalue weighted by Crippen LogP contribution is -2.13. The van der Waals surface area contributed by atoms with Gasteiger partial charge in [-0.25, -0.2) is 0 Å². The summed E-state index contributed by atoms with van der Waals surface area (Å²) >= 11 is 6.31. The Morgan fingerprint density at radius 3 is 2.48 bits per heavy atom. The van der Waals surface area contributed by atoms with E-state index in [1.54, 1.807) is 30.3 Å². The Kier molecular flexibility index (Phi) is 6.67. The van der Waals surface area contributed by atoms with Gasteiger partial charge in [0.25, 0.3) is 5.91 Å². The van der Waals surface area contributed by atoms with Crippen LogP contribution in [0.3, 0.4) is 0 Å². The molecule has 0 aliphatic rings. The van der Waals surface area contributed by atoms with Gasteiger partial charge in [-0.1, -0.05) is 65.7 Å². The molecule has 0 spiro atoms. The van der Waals surface area contributed by atoms with Gasteiger partial charge in [-0.2, -0.15) is 5.26 Å². The van der Waals surface area contributed by atoms with E-state index in [9.17, 15) is 10.1 Å². The minimum Gasteiger partial charge on any atom is -0.487 e. The maximum Gasteiger partial charge on any atom is 0.266 e. The monoisotopic (exact) mass is 402 g/mol. The van der Waals surface area contributed by atoms with E-state index < -0.39 is 5.91 Å². The molecule has 3 aromatic rings. The third-order valence-electron chi connectivity index (χ3n) is 4.18. The van der Waals surface area contributed by atoms with E-state index in [4.69, 9.17) is 16.3 Å². The molecule has 1 amide bonds. The SMILES string of the molecule is Cc1ccc(NC(=O)/C(C#N)=C/c2ccc(OCc3ccccc3)c(Cl)c2)cc1. The second kappa shape index (κ2) is 9.59. The lowest BCUT2D eigenvalue weighted by molar-refractivity contribution is -0.112. The van der Waals surface area contributed by atoms with Crippen LogP contribution >= 0.6 is 11.6 Å². The zero-order valence-electron chi connectivity index (χ0n) is 15.9. The molecule has 0 bridgehead atoms. The normalized spacial score (nSPS) is 10.9. The Hall–Kier alpha value is -3.55. The Morgan fingerprint density at radius 1 is 1.10 bits per heavy atom. The van der Waals surface area contributed by atoms with Gasteiger partial charge in [-0.05, 0) is 48.4 Å². The van der Waals surface area contributed by atoms with Gasteiger partial charge in [0.15, 0.2) is 0 Å². The van der Waals surface area contributed by atoms with Crippen LogP contribution in [0.2, 0.25) is 5.02 Å². The molecule has 0 heterocycles. The lowest BCUT2D eigenvalue weighted by Gasteiger charge is -2.09. The molecule has 3 aromatic carbocycles. The number of nitriles is 1. The fourth-order valence-electron chi connectivity index (χ4n) is 2.61. The van der Waals surface area contributed by atoms with E-state index in [-0.39, 0.29) is 5.57 Å². The van der Waals surface area contributed by atoms with Crippen molar-refractivity contribution in [2.45, 2.75) is 13.5 Å². The summed E-state index contributed by atoms with van der Waals surface area (Å²) in [7, 11) is 0. The van der Waals surface area contributed by atoms with Crippen LogP contribution in [-0.2, 0) is 11.4 Å². The molecule has 0 atom stereocenters. The molecular weight excluding hydrogens is 384 g/mol. The maximum absolute atomic E-state index is 12.4. The predicted octanol–water partition coefficient (Wildman–Crippen LogP) is 5.77. The van der Waals surface area contributed by atoms with E-state index in [1.807, 2.05) is 55.5 Å². The van der Waals surface area contributed by atoms with Crippen LogP contribution in [0.15, 0.2) is 78.4 Å². The van der Waals surface area contributed by atoms with E-state index in [0.29, 0.717) is 28.6 Å². The maximum atomic E-state index is 12.4. The largest absolute Gasteiger partial charge is 0.487 e. The molecule has 3 rings (SSSR count). The Morgan fingerprint density at radius 2 is 1.83 bits per heavy atom. The highest BCUT2D eigenvalue weighted by atomic mass is 35.5. The first kappa shape index (κ1) is 20.2. The van der Waals surface area contributed by atoms with Crippen molar-refractivity contribution >= 4 is 29.3 Å². The molecule has 29 heavy (non-hydrogen) atoms. The minimum absolute atomic E-state index is 0.0143. The number of nitrogens with zero attached hydrogens (tertiary/aromatic N) is 1. The van der Waals surface area contributed by atoms with Crippen molar-refractivity contribution in [1.82, 2.24) is 0 Å². The van der Waals surface area contributed by atoms with Gasteiger partial charge in [0.05, 0.1) is 5.02 Å². The quantitative estimate of drug-likeness (QED) is 0.420. The zero-order chi connectivity index (χ0) is 20.6. The van der Waals surface area contributed by atoms with Gasteiger partial charge >= 0.3 is 0 Å². The van der Waals surface area contributed by atoms with Crippen molar-refractivity contribution in [3.63, 3.8) is 0 Å². The highest BCUT2D eigenvalue weighted by Gasteiger charge is 2.10. The second-order valence-corrected chi connectivity index (χ2v) is 6.86. The summed E-state index contributed by atoms with van der Waals surface area (Å²) in [6, 6.07) is 24.2. The standard InChI is InChI=1S/C24H19ClN2O2/c1-17-7-10-21(11-8-17)27-24(28)20(15-26)13-19-9-12-23(22(25)14-19)29-16-18-5-3-2-4-6-18/h2-14H,16H2,1H3,(H,27,28)/b20-13+. The first-order chi connectivity index (χ1) is 14.0. The van der Waals surface area contributed by atoms with Crippen molar-refractivity contribution in [3.05, 3.63) is 100 Å². The number of benzene rings is 3. The number of hydrogen-bond acceptors (Lipinski definition) is 3. The Bertz CT molecular complexity index is 1070. The molecule has 5 heteroatoms. The number of hydrogen-bond donors (Lipinski definition) is 1. The minimum atomic E-state index is -0.475. The summed E-state index contributed by atoms with van der Waals surface area (Å²) in [5, 5.41) is 12.5. The van der Waals surface area contributed by atoms with E-state index >= 15 is 0 Å². The molecular formula is C24H19ClN2O2. The number of aryl methyl sites for hydroxylation is 1. The molecule has 0 saturated heterocycles. The van der Waals surface area contributed by atoms with Crippen molar-refractivity contribution in [2.75, 3.05) is 5.32 Å². The lowest BCUT2D eigenvalue weighted by atomic mass is 10.1. The molecule has 0 saturated carbocycles. The fourth-order valence-corrected chi connectivity index (χ4v) is 2.85. The molecule has 0 aliphatic heterocycles.